The second kappa shape index (κ2) is 5.54. The first-order chi connectivity index (χ1) is 7.77. The second-order valence-corrected chi connectivity index (χ2v) is 4.94. The minimum atomic E-state index is -4.32. The number of aliphatic hydroxyl groups is 1. The Bertz CT molecular complexity index is 243. The Labute approximate surface area is 99.3 Å². The zero-order valence-corrected chi connectivity index (χ0v) is 10.2. The number of hydrogen-bond donors (Lipinski definition) is 2. The lowest BCUT2D eigenvalue weighted by atomic mass is 9.99. The van der Waals surface area contributed by atoms with E-state index in [9.17, 15) is 18.3 Å². The van der Waals surface area contributed by atoms with Crippen LogP contribution in [0.2, 0.25) is 0 Å². The largest absolute Gasteiger partial charge is 0.414 e. The summed E-state index contributed by atoms with van der Waals surface area (Å²) >= 11 is 0. The fraction of sp³-hybridized carbons (Fsp3) is 1.00. The van der Waals surface area contributed by atoms with Gasteiger partial charge in [-0.05, 0) is 33.1 Å². The van der Waals surface area contributed by atoms with Crippen LogP contribution < -0.4 is 5.32 Å². The van der Waals surface area contributed by atoms with Crippen molar-refractivity contribution in [3.8, 4) is 0 Å². The normalized spacial score (nSPS) is 22.2. The summed E-state index contributed by atoms with van der Waals surface area (Å²) in [5.41, 5.74) is -0.549. The third kappa shape index (κ3) is 5.23. The van der Waals surface area contributed by atoms with Crippen molar-refractivity contribution in [1.82, 2.24) is 5.32 Å². The Hall–Kier alpha value is -0.330. The van der Waals surface area contributed by atoms with Crippen LogP contribution in [0.5, 0.6) is 0 Å². The molecule has 2 atom stereocenters. The van der Waals surface area contributed by atoms with E-state index in [0.29, 0.717) is 12.5 Å². The van der Waals surface area contributed by atoms with Gasteiger partial charge in [-0.25, -0.2) is 0 Å². The molecule has 0 saturated heterocycles. The molecule has 1 aliphatic rings. The van der Waals surface area contributed by atoms with E-state index >= 15 is 0 Å². The molecule has 1 fully saturated rings. The summed E-state index contributed by atoms with van der Waals surface area (Å²) in [5, 5.41) is 12.5. The van der Waals surface area contributed by atoms with E-state index in [1.54, 1.807) is 6.92 Å². The Morgan fingerprint density at radius 1 is 1.41 bits per heavy atom. The third-order valence-electron chi connectivity index (χ3n) is 2.96. The topological polar surface area (TPSA) is 41.5 Å². The molecular formula is C11H20F3NO2. The summed E-state index contributed by atoms with van der Waals surface area (Å²) in [6.07, 6.45) is -3.59. The summed E-state index contributed by atoms with van der Waals surface area (Å²) in [4.78, 5) is 0. The molecule has 0 aromatic carbocycles. The number of hydrogen-bond acceptors (Lipinski definition) is 3. The number of rotatable bonds is 7. The van der Waals surface area contributed by atoms with Crippen LogP contribution in [-0.4, -0.2) is 42.2 Å². The molecular weight excluding hydrogens is 235 g/mol. The number of nitrogens with one attached hydrogen (secondary N) is 1. The second-order valence-electron chi connectivity index (χ2n) is 4.94. The van der Waals surface area contributed by atoms with Crippen LogP contribution in [-0.2, 0) is 4.74 Å². The first kappa shape index (κ1) is 14.7. The molecule has 0 radical (unpaired) electrons. The monoisotopic (exact) mass is 255 g/mol. The van der Waals surface area contributed by atoms with Crippen LogP contribution >= 0.6 is 0 Å². The lowest BCUT2D eigenvalue weighted by Gasteiger charge is -2.29. The van der Waals surface area contributed by atoms with Crippen molar-refractivity contribution in [3.05, 3.63) is 0 Å². The molecule has 102 valence electrons. The summed E-state index contributed by atoms with van der Waals surface area (Å²) in [7, 11) is 0. The fourth-order valence-corrected chi connectivity index (χ4v) is 1.47. The molecule has 2 unspecified atom stereocenters. The first-order valence-electron chi connectivity index (χ1n) is 5.84. The van der Waals surface area contributed by atoms with Crippen molar-refractivity contribution in [2.45, 2.75) is 57.0 Å². The number of halogens is 3. The third-order valence-corrected chi connectivity index (χ3v) is 2.96. The van der Waals surface area contributed by atoms with Gasteiger partial charge in [0.15, 0.2) is 6.10 Å². The highest BCUT2D eigenvalue weighted by atomic mass is 19.4. The van der Waals surface area contributed by atoms with Gasteiger partial charge in [-0.1, -0.05) is 0 Å². The molecule has 2 N–H and O–H groups in total. The quantitative estimate of drug-likeness (QED) is 0.729. The molecule has 1 rings (SSSR count). The standard InChI is InChI=1S/C11H20F3NO2/c1-8(11(12,13)14)17-6-5-10(2,7-16)15-9-3-4-9/h8-9,15-16H,3-7H2,1-2H3. The van der Waals surface area contributed by atoms with Crippen molar-refractivity contribution in [2.75, 3.05) is 13.2 Å². The van der Waals surface area contributed by atoms with Gasteiger partial charge < -0.3 is 15.2 Å². The molecule has 3 nitrogen and oxygen atoms in total. The van der Waals surface area contributed by atoms with Gasteiger partial charge in [0.25, 0.3) is 0 Å². The average molecular weight is 255 g/mol. The van der Waals surface area contributed by atoms with Gasteiger partial charge in [-0.15, -0.1) is 0 Å². The molecule has 1 aliphatic carbocycles. The minimum absolute atomic E-state index is 0.0164. The van der Waals surface area contributed by atoms with Crippen LogP contribution in [0, 0.1) is 0 Å². The molecule has 0 aliphatic heterocycles. The number of ether oxygens (including phenoxy) is 1. The molecule has 0 aromatic rings. The van der Waals surface area contributed by atoms with Crippen molar-refractivity contribution < 1.29 is 23.0 Å². The van der Waals surface area contributed by atoms with Gasteiger partial charge in [-0.3, -0.25) is 0 Å². The molecule has 17 heavy (non-hydrogen) atoms. The van der Waals surface area contributed by atoms with Crippen LogP contribution in [0.3, 0.4) is 0 Å². The van der Waals surface area contributed by atoms with Gasteiger partial charge in [0, 0.05) is 18.2 Å². The van der Waals surface area contributed by atoms with E-state index in [1.165, 1.54) is 0 Å². The Morgan fingerprint density at radius 2 is 2.00 bits per heavy atom. The number of aliphatic hydroxyl groups excluding tert-OH is 1. The van der Waals surface area contributed by atoms with E-state index in [4.69, 9.17) is 4.74 Å². The van der Waals surface area contributed by atoms with Crippen LogP contribution in [0.1, 0.15) is 33.1 Å². The summed E-state index contributed by atoms with van der Waals surface area (Å²) in [5.74, 6) is 0. The van der Waals surface area contributed by atoms with Crippen molar-refractivity contribution in [1.29, 1.82) is 0 Å². The van der Waals surface area contributed by atoms with Crippen LogP contribution in [0.15, 0.2) is 0 Å². The maximum Gasteiger partial charge on any atom is 0.414 e. The smallest absolute Gasteiger partial charge is 0.394 e. The van der Waals surface area contributed by atoms with E-state index < -0.39 is 17.8 Å². The van der Waals surface area contributed by atoms with Crippen molar-refractivity contribution >= 4 is 0 Å². The lowest BCUT2D eigenvalue weighted by Crippen LogP contribution is -2.48. The van der Waals surface area contributed by atoms with Crippen molar-refractivity contribution in [2.24, 2.45) is 0 Å². The zero-order chi connectivity index (χ0) is 13.1. The fourth-order valence-electron chi connectivity index (χ4n) is 1.47. The maximum atomic E-state index is 12.2. The highest BCUT2D eigenvalue weighted by Crippen LogP contribution is 2.25. The molecule has 0 spiro atoms. The van der Waals surface area contributed by atoms with Crippen molar-refractivity contribution in [3.63, 3.8) is 0 Å². The Morgan fingerprint density at radius 3 is 2.41 bits per heavy atom. The van der Waals surface area contributed by atoms with Gasteiger partial charge in [-0.2, -0.15) is 13.2 Å². The van der Waals surface area contributed by atoms with Gasteiger partial charge >= 0.3 is 6.18 Å². The van der Waals surface area contributed by atoms with E-state index in [0.717, 1.165) is 19.8 Å². The minimum Gasteiger partial charge on any atom is -0.394 e. The van der Waals surface area contributed by atoms with Gasteiger partial charge in [0.2, 0.25) is 0 Å². The highest BCUT2D eigenvalue weighted by Gasteiger charge is 2.37. The first-order valence-corrected chi connectivity index (χ1v) is 5.84. The molecule has 0 heterocycles. The Balaban J connectivity index is 2.27. The molecule has 0 amide bonds. The van der Waals surface area contributed by atoms with E-state index in [1.807, 2.05) is 0 Å². The molecule has 0 aromatic heterocycles. The SMILES string of the molecule is CC(OCCC(C)(CO)NC1CC1)C(F)(F)F. The molecule has 1 saturated carbocycles. The molecule has 0 bridgehead atoms. The maximum absolute atomic E-state index is 12.2. The lowest BCUT2D eigenvalue weighted by molar-refractivity contribution is -0.215. The van der Waals surface area contributed by atoms with Gasteiger partial charge in [0.1, 0.15) is 0 Å². The zero-order valence-electron chi connectivity index (χ0n) is 10.2. The number of alkyl halides is 3. The Kier molecular flexibility index (Phi) is 4.80. The highest BCUT2D eigenvalue weighted by molar-refractivity contribution is 4.92. The molecule has 6 heteroatoms. The predicted octanol–water partition coefficient (Wildman–Crippen LogP) is 1.85. The summed E-state index contributed by atoms with van der Waals surface area (Å²) in [6, 6.07) is 0.396. The summed E-state index contributed by atoms with van der Waals surface area (Å²) < 4.78 is 41.3. The predicted molar refractivity (Wildman–Crippen MR) is 57.7 cm³/mol. The van der Waals surface area contributed by atoms with Crippen LogP contribution in [0.4, 0.5) is 13.2 Å². The van der Waals surface area contributed by atoms with E-state index in [2.05, 4.69) is 5.32 Å². The van der Waals surface area contributed by atoms with E-state index in [-0.39, 0.29) is 13.2 Å². The van der Waals surface area contributed by atoms with Gasteiger partial charge in [0.05, 0.1) is 6.61 Å². The summed E-state index contributed by atoms with van der Waals surface area (Å²) in [6.45, 7) is 2.67. The van der Waals surface area contributed by atoms with Crippen LogP contribution in [0.25, 0.3) is 0 Å². The average Bonchev–Trinajstić information content (AvgIpc) is 3.00.